The van der Waals surface area contributed by atoms with Crippen LogP contribution in [0.1, 0.15) is 38.7 Å². The van der Waals surface area contributed by atoms with Gasteiger partial charge in [-0.15, -0.1) is 0 Å². The van der Waals surface area contributed by atoms with Crippen molar-refractivity contribution < 1.29 is 18.7 Å². The SMILES string of the molecule is CC1CCCC(NC(=O)COC(=O)C=Cc2cn(-c3ccccc3)nc2-c2cc3ccccc3o2)C1C. The summed E-state index contributed by atoms with van der Waals surface area (Å²) in [6.07, 6.45) is 8.03. The van der Waals surface area contributed by atoms with Crippen molar-refractivity contribution in [1.82, 2.24) is 15.1 Å². The number of furan rings is 1. The number of carbonyl (C=O) groups excluding carboxylic acids is 2. The van der Waals surface area contributed by atoms with Gasteiger partial charge in [0.25, 0.3) is 5.91 Å². The van der Waals surface area contributed by atoms with Gasteiger partial charge in [-0.05, 0) is 48.6 Å². The van der Waals surface area contributed by atoms with Crippen molar-refractivity contribution in [3.05, 3.63) is 78.5 Å². The summed E-state index contributed by atoms with van der Waals surface area (Å²) < 4.78 is 13.0. The smallest absolute Gasteiger partial charge is 0.331 e. The van der Waals surface area contributed by atoms with Crippen LogP contribution in [-0.4, -0.2) is 34.3 Å². The number of fused-ring (bicyclic) bond motifs is 1. The maximum Gasteiger partial charge on any atom is 0.331 e. The third-order valence-electron chi connectivity index (χ3n) is 7.22. The number of aromatic nitrogens is 2. The van der Waals surface area contributed by atoms with E-state index in [1.165, 1.54) is 12.5 Å². The van der Waals surface area contributed by atoms with Gasteiger partial charge in [-0.3, -0.25) is 4.79 Å². The summed E-state index contributed by atoms with van der Waals surface area (Å²) in [5.41, 5.74) is 2.93. The van der Waals surface area contributed by atoms with E-state index in [0.717, 1.165) is 29.5 Å². The van der Waals surface area contributed by atoms with Crippen molar-refractivity contribution in [2.24, 2.45) is 11.8 Å². The Morgan fingerprint density at radius 3 is 2.70 bits per heavy atom. The van der Waals surface area contributed by atoms with Gasteiger partial charge in [0.15, 0.2) is 12.4 Å². The molecule has 0 spiro atoms. The first-order valence-electron chi connectivity index (χ1n) is 12.8. The van der Waals surface area contributed by atoms with Gasteiger partial charge in [0.05, 0.1) is 5.69 Å². The van der Waals surface area contributed by atoms with Crippen LogP contribution < -0.4 is 5.32 Å². The fourth-order valence-electron chi connectivity index (χ4n) is 4.89. The lowest BCUT2D eigenvalue weighted by Crippen LogP contribution is -2.45. The highest BCUT2D eigenvalue weighted by atomic mass is 16.5. The molecule has 4 aromatic rings. The van der Waals surface area contributed by atoms with E-state index in [2.05, 4.69) is 19.2 Å². The second-order valence-electron chi connectivity index (χ2n) is 9.74. The number of ether oxygens (including phenoxy) is 1. The normalized spacial score (nSPS) is 19.8. The summed E-state index contributed by atoms with van der Waals surface area (Å²) >= 11 is 0. The number of nitrogens with zero attached hydrogens (tertiary/aromatic N) is 2. The van der Waals surface area contributed by atoms with Crippen molar-refractivity contribution in [2.75, 3.05) is 6.61 Å². The number of rotatable bonds is 7. The number of hydrogen-bond donors (Lipinski definition) is 1. The lowest BCUT2D eigenvalue weighted by molar-refractivity contribution is -0.144. The summed E-state index contributed by atoms with van der Waals surface area (Å²) in [5.74, 6) is 0.711. The lowest BCUT2D eigenvalue weighted by Gasteiger charge is -2.34. The van der Waals surface area contributed by atoms with Crippen LogP contribution in [0.25, 0.3) is 34.2 Å². The number of para-hydroxylation sites is 2. The zero-order chi connectivity index (χ0) is 25.8. The summed E-state index contributed by atoms with van der Waals surface area (Å²) in [5, 5.41) is 8.73. The Hall–Kier alpha value is -4.13. The van der Waals surface area contributed by atoms with E-state index < -0.39 is 5.97 Å². The van der Waals surface area contributed by atoms with Gasteiger partial charge in [0, 0.05) is 29.3 Å². The molecule has 0 bridgehead atoms. The van der Waals surface area contributed by atoms with Crippen molar-refractivity contribution in [1.29, 1.82) is 0 Å². The zero-order valence-corrected chi connectivity index (χ0v) is 21.1. The standard InChI is InChI=1S/C30H31N3O4/c1-20-9-8-13-25(21(20)2)31-28(34)19-36-29(35)16-15-23-18-33(24-11-4-3-5-12-24)32-30(23)27-17-22-10-6-7-14-26(22)37-27/h3-7,10-12,14-18,20-21,25H,8-9,13,19H2,1-2H3,(H,31,34). The van der Waals surface area contributed by atoms with Gasteiger partial charge < -0.3 is 14.5 Å². The second-order valence-corrected chi connectivity index (χ2v) is 9.74. The van der Waals surface area contributed by atoms with Gasteiger partial charge in [-0.25, -0.2) is 9.48 Å². The predicted octanol–water partition coefficient (Wildman–Crippen LogP) is 5.78. The van der Waals surface area contributed by atoms with Crippen LogP contribution >= 0.6 is 0 Å². The molecule has 1 amide bonds. The average Bonchev–Trinajstić information content (AvgIpc) is 3.54. The lowest BCUT2D eigenvalue weighted by atomic mass is 9.78. The number of esters is 1. The molecule has 1 aliphatic carbocycles. The van der Waals surface area contributed by atoms with E-state index in [-0.39, 0.29) is 18.6 Å². The maximum absolute atomic E-state index is 12.5. The molecule has 5 rings (SSSR count). The first-order chi connectivity index (χ1) is 18.0. The third-order valence-corrected chi connectivity index (χ3v) is 7.22. The Balaban J connectivity index is 1.30. The molecule has 3 unspecified atom stereocenters. The molecule has 190 valence electrons. The summed E-state index contributed by atoms with van der Waals surface area (Å²) in [7, 11) is 0. The average molecular weight is 498 g/mol. The molecule has 37 heavy (non-hydrogen) atoms. The molecular formula is C30H31N3O4. The van der Waals surface area contributed by atoms with Crippen molar-refractivity contribution in [3.8, 4) is 17.1 Å². The molecule has 7 nitrogen and oxygen atoms in total. The molecular weight excluding hydrogens is 466 g/mol. The van der Waals surface area contributed by atoms with Crippen LogP contribution in [0.15, 0.2) is 77.4 Å². The third kappa shape index (κ3) is 5.66. The molecule has 0 saturated heterocycles. The van der Waals surface area contributed by atoms with Crippen LogP contribution in [0.4, 0.5) is 0 Å². The molecule has 3 atom stereocenters. The number of carbonyl (C=O) groups is 2. The van der Waals surface area contributed by atoms with Gasteiger partial charge in [-0.2, -0.15) is 5.10 Å². The van der Waals surface area contributed by atoms with Gasteiger partial charge in [0.2, 0.25) is 0 Å². The van der Waals surface area contributed by atoms with Crippen LogP contribution in [0.5, 0.6) is 0 Å². The maximum atomic E-state index is 12.5. The largest absolute Gasteiger partial charge is 0.454 e. The number of hydrogen-bond acceptors (Lipinski definition) is 5. The number of benzene rings is 2. The molecule has 1 aliphatic rings. The predicted molar refractivity (Wildman–Crippen MR) is 143 cm³/mol. The Labute approximate surface area is 216 Å². The zero-order valence-electron chi connectivity index (χ0n) is 21.1. The van der Waals surface area contributed by atoms with E-state index >= 15 is 0 Å². The van der Waals surface area contributed by atoms with Gasteiger partial charge >= 0.3 is 5.97 Å². The molecule has 1 N–H and O–H groups in total. The first-order valence-corrected chi connectivity index (χ1v) is 12.8. The minimum atomic E-state index is -0.594. The van der Waals surface area contributed by atoms with E-state index in [9.17, 15) is 9.59 Å². The highest BCUT2D eigenvalue weighted by Crippen LogP contribution is 2.31. The molecule has 2 heterocycles. The number of nitrogens with one attached hydrogen (secondary N) is 1. The molecule has 0 radical (unpaired) electrons. The van der Waals surface area contributed by atoms with E-state index in [1.807, 2.05) is 66.9 Å². The van der Waals surface area contributed by atoms with Crippen LogP contribution in [0, 0.1) is 11.8 Å². The molecule has 7 heteroatoms. The Morgan fingerprint density at radius 2 is 1.89 bits per heavy atom. The fourth-order valence-corrected chi connectivity index (χ4v) is 4.89. The monoisotopic (exact) mass is 497 g/mol. The fraction of sp³-hybridized carbons (Fsp3) is 0.300. The molecule has 1 saturated carbocycles. The van der Waals surface area contributed by atoms with E-state index in [4.69, 9.17) is 14.3 Å². The molecule has 0 aliphatic heterocycles. The topological polar surface area (TPSA) is 86.4 Å². The van der Waals surface area contributed by atoms with E-state index in [0.29, 0.717) is 28.9 Å². The quantitative estimate of drug-likeness (QED) is 0.258. The van der Waals surface area contributed by atoms with Gasteiger partial charge in [-0.1, -0.05) is 63.1 Å². The van der Waals surface area contributed by atoms with Crippen molar-refractivity contribution >= 4 is 28.9 Å². The second kappa shape index (κ2) is 10.9. The molecule has 2 aromatic carbocycles. The first kappa shape index (κ1) is 24.6. The molecule has 2 aromatic heterocycles. The summed E-state index contributed by atoms with van der Waals surface area (Å²) in [6.45, 7) is 4.08. The van der Waals surface area contributed by atoms with Crippen LogP contribution in [0.3, 0.4) is 0 Å². The number of amides is 1. The van der Waals surface area contributed by atoms with Crippen molar-refractivity contribution in [3.63, 3.8) is 0 Å². The Morgan fingerprint density at radius 1 is 1.11 bits per heavy atom. The Bertz CT molecular complexity index is 1390. The van der Waals surface area contributed by atoms with Gasteiger partial charge in [0.1, 0.15) is 11.3 Å². The van der Waals surface area contributed by atoms with Crippen LogP contribution in [0.2, 0.25) is 0 Å². The Kier molecular flexibility index (Phi) is 7.21. The summed E-state index contributed by atoms with van der Waals surface area (Å²) in [6, 6.07) is 19.5. The minimum Gasteiger partial charge on any atom is -0.454 e. The van der Waals surface area contributed by atoms with Crippen molar-refractivity contribution in [2.45, 2.75) is 39.2 Å². The van der Waals surface area contributed by atoms with Crippen LogP contribution in [-0.2, 0) is 14.3 Å². The minimum absolute atomic E-state index is 0.126. The highest BCUT2D eigenvalue weighted by molar-refractivity contribution is 5.91. The molecule has 1 fully saturated rings. The van der Waals surface area contributed by atoms with E-state index in [1.54, 1.807) is 10.8 Å². The summed E-state index contributed by atoms with van der Waals surface area (Å²) in [4.78, 5) is 24.8. The highest BCUT2D eigenvalue weighted by Gasteiger charge is 2.28.